The lowest BCUT2D eigenvalue weighted by Gasteiger charge is -2.21. The van der Waals surface area contributed by atoms with Crippen LogP contribution in [0.1, 0.15) is 44.0 Å². The van der Waals surface area contributed by atoms with Crippen LogP contribution in [-0.2, 0) is 6.54 Å². The molecule has 5 heteroatoms. The molecule has 0 aliphatic heterocycles. The fourth-order valence-electron chi connectivity index (χ4n) is 2.58. The highest BCUT2D eigenvalue weighted by molar-refractivity contribution is 5.96. The van der Waals surface area contributed by atoms with Gasteiger partial charge in [-0.25, -0.2) is 4.98 Å². The lowest BCUT2D eigenvalue weighted by molar-refractivity contribution is 0.0760. The number of rotatable bonds is 6. The summed E-state index contributed by atoms with van der Waals surface area (Å²) in [6, 6.07) is 5.37. The summed E-state index contributed by atoms with van der Waals surface area (Å²) in [6.07, 6.45) is 3.62. The SMILES string of the molecule is CCCCN(CC)C(=O)c1cc2cccnc2n(CC)c1=O. The normalized spacial score (nSPS) is 10.9. The van der Waals surface area contributed by atoms with E-state index in [1.165, 1.54) is 0 Å². The summed E-state index contributed by atoms with van der Waals surface area (Å²) >= 11 is 0. The van der Waals surface area contributed by atoms with E-state index in [9.17, 15) is 9.59 Å². The number of carbonyl (C=O) groups is 1. The number of fused-ring (bicyclic) bond motifs is 1. The van der Waals surface area contributed by atoms with Crippen LogP contribution in [0, 0.1) is 0 Å². The molecule has 2 heterocycles. The summed E-state index contributed by atoms with van der Waals surface area (Å²) in [5.41, 5.74) is 0.608. The van der Waals surface area contributed by atoms with Crippen molar-refractivity contribution in [2.24, 2.45) is 0 Å². The summed E-state index contributed by atoms with van der Waals surface area (Å²) in [6.45, 7) is 7.70. The third kappa shape index (κ3) is 3.03. The van der Waals surface area contributed by atoms with Gasteiger partial charge in [0, 0.05) is 31.2 Å². The molecule has 0 aromatic carbocycles. The summed E-state index contributed by atoms with van der Waals surface area (Å²) in [4.78, 5) is 31.3. The van der Waals surface area contributed by atoms with Gasteiger partial charge < -0.3 is 4.90 Å². The number of carbonyl (C=O) groups excluding carboxylic acids is 1. The molecule has 2 rings (SSSR count). The van der Waals surface area contributed by atoms with Gasteiger partial charge in [0.1, 0.15) is 11.2 Å². The predicted molar refractivity (Wildman–Crippen MR) is 88.2 cm³/mol. The molecule has 0 atom stereocenters. The number of amides is 1. The average Bonchev–Trinajstić information content (AvgIpc) is 2.54. The van der Waals surface area contributed by atoms with E-state index in [2.05, 4.69) is 11.9 Å². The van der Waals surface area contributed by atoms with E-state index in [0.717, 1.165) is 18.2 Å². The monoisotopic (exact) mass is 301 g/mol. The minimum Gasteiger partial charge on any atom is -0.339 e. The van der Waals surface area contributed by atoms with Crippen molar-refractivity contribution in [3.05, 3.63) is 40.3 Å². The van der Waals surface area contributed by atoms with Gasteiger partial charge in [0.2, 0.25) is 0 Å². The van der Waals surface area contributed by atoms with Crippen molar-refractivity contribution in [3.63, 3.8) is 0 Å². The van der Waals surface area contributed by atoms with Crippen LogP contribution in [0.25, 0.3) is 11.0 Å². The Morgan fingerprint density at radius 2 is 2.09 bits per heavy atom. The second kappa shape index (κ2) is 7.20. The molecule has 5 nitrogen and oxygen atoms in total. The van der Waals surface area contributed by atoms with Gasteiger partial charge in [-0.1, -0.05) is 13.3 Å². The molecule has 2 aromatic heterocycles. The zero-order valence-electron chi connectivity index (χ0n) is 13.5. The van der Waals surface area contributed by atoms with Crippen LogP contribution >= 0.6 is 0 Å². The predicted octanol–water partition coefficient (Wildman–Crippen LogP) is 2.68. The van der Waals surface area contributed by atoms with Crippen molar-refractivity contribution in [3.8, 4) is 0 Å². The number of hydrogen-bond donors (Lipinski definition) is 0. The second-order valence-electron chi connectivity index (χ2n) is 5.26. The molecule has 2 aromatic rings. The average molecular weight is 301 g/mol. The number of pyridine rings is 2. The summed E-state index contributed by atoms with van der Waals surface area (Å²) in [5.74, 6) is -0.186. The molecule has 0 bridgehead atoms. The third-order valence-electron chi connectivity index (χ3n) is 3.85. The first-order valence-corrected chi connectivity index (χ1v) is 7.91. The molecular formula is C17H23N3O2. The van der Waals surface area contributed by atoms with Gasteiger partial charge in [-0.05, 0) is 38.5 Å². The van der Waals surface area contributed by atoms with Gasteiger partial charge >= 0.3 is 0 Å². The minimum absolute atomic E-state index is 0.186. The Kier molecular flexibility index (Phi) is 5.31. The Morgan fingerprint density at radius 1 is 1.32 bits per heavy atom. The van der Waals surface area contributed by atoms with Crippen molar-refractivity contribution in [1.82, 2.24) is 14.5 Å². The van der Waals surface area contributed by atoms with Crippen LogP contribution in [0.5, 0.6) is 0 Å². The van der Waals surface area contributed by atoms with E-state index in [4.69, 9.17) is 0 Å². The summed E-state index contributed by atoms with van der Waals surface area (Å²) < 4.78 is 1.57. The maximum Gasteiger partial charge on any atom is 0.265 e. The molecule has 22 heavy (non-hydrogen) atoms. The van der Waals surface area contributed by atoms with Crippen LogP contribution in [0.4, 0.5) is 0 Å². The Hall–Kier alpha value is -2.17. The maximum absolute atomic E-state index is 12.7. The molecule has 1 amide bonds. The molecule has 0 N–H and O–H groups in total. The standard InChI is InChI=1S/C17H23N3O2/c1-4-7-11-19(5-2)16(21)14-12-13-9-8-10-18-15(13)20(6-3)17(14)22/h8-10,12H,4-7,11H2,1-3H3. The number of hydrogen-bond acceptors (Lipinski definition) is 3. The highest BCUT2D eigenvalue weighted by atomic mass is 16.2. The van der Waals surface area contributed by atoms with E-state index in [1.807, 2.05) is 26.0 Å². The summed E-state index contributed by atoms with van der Waals surface area (Å²) in [5, 5.41) is 0.818. The first-order chi connectivity index (χ1) is 10.6. The number of aryl methyl sites for hydroxylation is 1. The lowest BCUT2D eigenvalue weighted by Crippen LogP contribution is -2.37. The van der Waals surface area contributed by atoms with Crippen LogP contribution in [0.2, 0.25) is 0 Å². The molecule has 0 spiro atoms. The fourth-order valence-corrected chi connectivity index (χ4v) is 2.58. The highest BCUT2D eigenvalue weighted by Gasteiger charge is 2.20. The molecule has 118 valence electrons. The molecule has 0 aliphatic rings. The third-order valence-corrected chi connectivity index (χ3v) is 3.85. The van der Waals surface area contributed by atoms with Gasteiger partial charge in [-0.3, -0.25) is 14.2 Å². The van der Waals surface area contributed by atoms with Gasteiger partial charge in [-0.2, -0.15) is 0 Å². The minimum atomic E-state index is -0.256. The lowest BCUT2D eigenvalue weighted by atomic mass is 10.1. The zero-order valence-corrected chi connectivity index (χ0v) is 13.5. The van der Waals surface area contributed by atoms with Gasteiger partial charge in [0.25, 0.3) is 11.5 Å². The molecule has 0 unspecified atom stereocenters. The van der Waals surface area contributed by atoms with E-state index in [1.54, 1.807) is 21.7 Å². The zero-order chi connectivity index (χ0) is 16.1. The van der Waals surface area contributed by atoms with E-state index in [0.29, 0.717) is 25.3 Å². The Bertz CT molecular complexity index is 721. The first-order valence-electron chi connectivity index (χ1n) is 7.91. The van der Waals surface area contributed by atoms with Crippen molar-refractivity contribution < 1.29 is 4.79 Å². The molecular weight excluding hydrogens is 278 g/mol. The summed E-state index contributed by atoms with van der Waals surface area (Å²) in [7, 11) is 0. The van der Waals surface area contributed by atoms with Crippen LogP contribution in [0.3, 0.4) is 0 Å². The Labute approximate surface area is 130 Å². The Morgan fingerprint density at radius 3 is 2.73 bits per heavy atom. The van der Waals surface area contributed by atoms with Crippen molar-refractivity contribution in [1.29, 1.82) is 0 Å². The van der Waals surface area contributed by atoms with E-state index in [-0.39, 0.29) is 17.0 Å². The van der Waals surface area contributed by atoms with Crippen molar-refractivity contribution in [2.75, 3.05) is 13.1 Å². The van der Waals surface area contributed by atoms with Gasteiger partial charge in [0.15, 0.2) is 0 Å². The van der Waals surface area contributed by atoms with E-state index >= 15 is 0 Å². The van der Waals surface area contributed by atoms with Crippen LogP contribution in [0.15, 0.2) is 29.2 Å². The quantitative estimate of drug-likeness (QED) is 0.824. The fraction of sp³-hybridized carbons (Fsp3) is 0.471. The molecule has 0 radical (unpaired) electrons. The van der Waals surface area contributed by atoms with Gasteiger partial charge in [-0.15, -0.1) is 0 Å². The molecule has 0 fully saturated rings. The first kappa shape index (κ1) is 16.2. The second-order valence-corrected chi connectivity index (χ2v) is 5.26. The van der Waals surface area contributed by atoms with Crippen LogP contribution < -0.4 is 5.56 Å². The number of nitrogens with zero attached hydrogens (tertiary/aromatic N) is 3. The highest BCUT2D eigenvalue weighted by Crippen LogP contribution is 2.12. The van der Waals surface area contributed by atoms with Crippen molar-refractivity contribution in [2.45, 2.75) is 40.2 Å². The smallest absolute Gasteiger partial charge is 0.265 e. The van der Waals surface area contributed by atoms with Crippen LogP contribution in [-0.4, -0.2) is 33.4 Å². The van der Waals surface area contributed by atoms with Gasteiger partial charge in [0.05, 0.1) is 0 Å². The molecule has 0 saturated carbocycles. The maximum atomic E-state index is 12.7. The molecule has 0 saturated heterocycles. The molecule has 0 aliphatic carbocycles. The van der Waals surface area contributed by atoms with Crippen molar-refractivity contribution >= 4 is 16.9 Å². The Balaban J connectivity index is 2.53. The van der Waals surface area contributed by atoms with E-state index < -0.39 is 0 Å². The number of unbranched alkanes of at least 4 members (excludes halogenated alkanes) is 1. The number of aromatic nitrogens is 2. The topological polar surface area (TPSA) is 55.2 Å². The largest absolute Gasteiger partial charge is 0.339 e.